The summed E-state index contributed by atoms with van der Waals surface area (Å²) in [6.45, 7) is 6.11. The molecule has 0 aliphatic heterocycles. The van der Waals surface area contributed by atoms with Crippen LogP contribution < -0.4 is 0 Å². The van der Waals surface area contributed by atoms with Gasteiger partial charge in [-0.3, -0.25) is 9.59 Å². The number of carboxylic acid groups (broad SMARTS) is 1. The average molecular weight is 423 g/mol. The number of Topliss-reactive ketones (excluding diaryl/α,β-unsaturated/α-hetero) is 1. The van der Waals surface area contributed by atoms with Crippen LogP contribution in [0, 0.1) is 29.6 Å². The second-order valence-corrected chi connectivity index (χ2v) is 9.34. The van der Waals surface area contributed by atoms with Crippen LogP contribution in [-0.2, 0) is 9.59 Å². The van der Waals surface area contributed by atoms with Gasteiger partial charge in [-0.1, -0.05) is 39.0 Å². The lowest BCUT2D eigenvalue weighted by Gasteiger charge is -2.43. The number of allylic oxidation sites excluding steroid dienone is 3. The van der Waals surface area contributed by atoms with Crippen LogP contribution in [0.1, 0.15) is 65.7 Å². The summed E-state index contributed by atoms with van der Waals surface area (Å²) in [5.74, 6) is -0.0661. The van der Waals surface area contributed by atoms with Gasteiger partial charge < -0.3 is 20.4 Å². The molecule has 0 saturated heterocycles. The highest BCUT2D eigenvalue weighted by molar-refractivity contribution is 5.81. The summed E-state index contributed by atoms with van der Waals surface area (Å²) < 4.78 is 0. The molecule has 0 saturated carbocycles. The molecule has 0 fully saturated rings. The van der Waals surface area contributed by atoms with Crippen molar-refractivity contribution in [1.82, 2.24) is 0 Å². The number of fused-ring (bicyclic) bond motifs is 1. The number of aliphatic carboxylic acids is 1. The Labute approximate surface area is 179 Å². The Hall–Kier alpha value is -1.50. The molecule has 8 atom stereocenters. The van der Waals surface area contributed by atoms with Gasteiger partial charge in [0, 0.05) is 12.3 Å². The lowest BCUT2D eigenvalue weighted by Crippen LogP contribution is -2.38. The highest BCUT2D eigenvalue weighted by atomic mass is 16.4. The van der Waals surface area contributed by atoms with Crippen molar-refractivity contribution in [1.29, 1.82) is 0 Å². The first-order chi connectivity index (χ1) is 14.1. The van der Waals surface area contributed by atoms with Crippen LogP contribution in [0.25, 0.3) is 0 Å². The molecule has 8 unspecified atom stereocenters. The standard InChI is InChI=1S/C24H38O6/c1-4-14(2)22(28)11-17-10-19(26)9-16-6-5-15(3)21(24(16)17)8-7-18(25)12-20(27)13-23(29)30/h5-6,9,14-15,17-21,24-27H,4,7-8,10-13H2,1-3H3,(H,29,30). The van der Waals surface area contributed by atoms with E-state index in [1.165, 1.54) is 0 Å². The van der Waals surface area contributed by atoms with E-state index < -0.39 is 24.3 Å². The molecule has 2 rings (SSSR count). The molecule has 0 spiro atoms. The van der Waals surface area contributed by atoms with Crippen molar-refractivity contribution >= 4 is 11.8 Å². The van der Waals surface area contributed by atoms with Gasteiger partial charge >= 0.3 is 5.97 Å². The molecule has 0 amide bonds. The van der Waals surface area contributed by atoms with Gasteiger partial charge in [0.25, 0.3) is 0 Å². The molecule has 6 nitrogen and oxygen atoms in total. The molecule has 0 heterocycles. The van der Waals surface area contributed by atoms with Gasteiger partial charge in [-0.2, -0.15) is 0 Å². The number of rotatable bonds is 11. The quantitative estimate of drug-likeness (QED) is 0.407. The first-order valence-electron chi connectivity index (χ1n) is 11.3. The van der Waals surface area contributed by atoms with Crippen molar-refractivity contribution in [2.75, 3.05) is 0 Å². The maximum atomic E-state index is 12.7. The van der Waals surface area contributed by atoms with E-state index in [0.717, 1.165) is 18.4 Å². The molecule has 170 valence electrons. The lowest BCUT2D eigenvalue weighted by molar-refractivity contribution is -0.139. The van der Waals surface area contributed by atoms with Gasteiger partial charge in [-0.05, 0) is 61.3 Å². The van der Waals surface area contributed by atoms with Crippen LogP contribution in [-0.4, -0.2) is 50.5 Å². The molecule has 0 aromatic heterocycles. The van der Waals surface area contributed by atoms with Crippen LogP contribution >= 0.6 is 0 Å². The zero-order valence-corrected chi connectivity index (χ0v) is 18.4. The van der Waals surface area contributed by atoms with E-state index >= 15 is 0 Å². The van der Waals surface area contributed by atoms with Crippen LogP contribution in [0.2, 0.25) is 0 Å². The Morgan fingerprint density at radius 2 is 1.93 bits per heavy atom. The zero-order valence-electron chi connectivity index (χ0n) is 18.4. The van der Waals surface area contributed by atoms with Crippen LogP contribution in [0.15, 0.2) is 23.8 Å². The molecule has 0 bridgehead atoms. The summed E-state index contributed by atoms with van der Waals surface area (Å²) >= 11 is 0. The van der Waals surface area contributed by atoms with Gasteiger partial charge in [0.15, 0.2) is 0 Å². The molecule has 0 aromatic rings. The minimum Gasteiger partial charge on any atom is -0.481 e. The van der Waals surface area contributed by atoms with Crippen molar-refractivity contribution in [3.05, 3.63) is 23.8 Å². The summed E-state index contributed by atoms with van der Waals surface area (Å²) in [7, 11) is 0. The fourth-order valence-electron chi connectivity index (χ4n) is 5.07. The van der Waals surface area contributed by atoms with Crippen LogP contribution in [0.5, 0.6) is 0 Å². The van der Waals surface area contributed by atoms with Gasteiger partial charge in [0.05, 0.1) is 24.7 Å². The van der Waals surface area contributed by atoms with E-state index in [1.54, 1.807) is 0 Å². The molecule has 0 radical (unpaired) electrons. The summed E-state index contributed by atoms with van der Waals surface area (Å²) in [4.78, 5) is 23.4. The molecule has 4 N–H and O–H groups in total. The second kappa shape index (κ2) is 11.2. The number of aliphatic hydroxyl groups is 3. The van der Waals surface area contributed by atoms with E-state index in [0.29, 0.717) is 19.3 Å². The van der Waals surface area contributed by atoms with Crippen molar-refractivity contribution in [3.8, 4) is 0 Å². The molecule has 2 aliphatic rings. The molecular weight excluding hydrogens is 384 g/mol. The Balaban J connectivity index is 2.09. The molecular formula is C24H38O6. The first-order valence-corrected chi connectivity index (χ1v) is 11.3. The normalized spacial score (nSPS) is 31.4. The highest BCUT2D eigenvalue weighted by Gasteiger charge is 2.40. The van der Waals surface area contributed by atoms with Gasteiger partial charge in [0.2, 0.25) is 0 Å². The Kier molecular flexibility index (Phi) is 9.26. The molecule has 6 heteroatoms. The summed E-state index contributed by atoms with van der Waals surface area (Å²) in [5, 5.41) is 39.2. The zero-order chi connectivity index (χ0) is 22.4. The second-order valence-electron chi connectivity index (χ2n) is 9.34. The summed E-state index contributed by atoms with van der Waals surface area (Å²) in [5.41, 5.74) is 1.08. The van der Waals surface area contributed by atoms with Gasteiger partial charge in [-0.25, -0.2) is 0 Å². The van der Waals surface area contributed by atoms with Crippen molar-refractivity contribution in [3.63, 3.8) is 0 Å². The van der Waals surface area contributed by atoms with E-state index in [1.807, 2.05) is 19.9 Å². The predicted molar refractivity (Wildman–Crippen MR) is 115 cm³/mol. The number of hydrogen-bond donors (Lipinski definition) is 4. The van der Waals surface area contributed by atoms with E-state index in [9.17, 15) is 24.9 Å². The predicted octanol–water partition coefficient (Wildman–Crippen LogP) is 3.10. The minimum absolute atomic E-state index is 0.0176. The third-order valence-electron chi connectivity index (χ3n) is 6.96. The van der Waals surface area contributed by atoms with E-state index in [2.05, 4.69) is 19.1 Å². The largest absolute Gasteiger partial charge is 0.481 e. The third kappa shape index (κ3) is 6.76. The third-order valence-corrected chi connectivity index (χ3v) is 6.96. The summed E-state index contributed by atoms with van der Waals surface area (Å²) in [6.07, 6.45) is 6.46. The SMILES string of the molecule is CCC(C)C(=O)CC1CC(O)C=C2C=CC(C)C(CCC(O)CC(O)CC(=O)O)C21. The van der Waals surface area contributed by atoms with E-state index in [4.69, 9.17) is 5.11 Å². The fourth-order valence-corrected chi connectivity index (χ4v) is 5.07. The van der Waals surface area contributed by atoms with Crippen LogP contribution in [0.4, 0.5) is 0 Å². The maximum Gasteiger partial charge on any atom is 0.305 e. The number of aliphatic hydroxyl groups excluding tert-OH is 3. The van der Waals surface area contributed by atoms with Crippen molar-refractivity contribution < 1.29 is 30.0 Å². The maximum absolute atomic E-state index is 12.7. The minimum atomic E-state index is -1.08. The Bertz CT molecular complexity index is 654. The summed E-state index contributed by atoms with van der Waals surface area (Å²) in [6, 6.07) is 0. The number of ketones is 1. The van der Waals surface area contributed by atoms with Gasteiger partial charge in [-0.15, -0.1) is 0 Å². The van der Waals surface area contributed by atoms with E-state index in [-0.39, 0.29) is 48.2 Å². The smallest absolute Gasteiger partial charge is 0.305 e. The van der Waals surface area contributed by atoms with Crippen LogP contribution in [0.3, 0.4) is 0 Å². The number of hydrogen-bond acceptors (Lipinski definition) is 5. The monoisotopic (exact) mass is 422 g/mol. The fraction of sp³-hybridized carbons (Fsp3) is 0.750. The van der Waals surface area contributed by atoms with Crippen molar-refractivity contribution in [2.24, 2.45) is 29.6 Å². The molecule has 0 aromatic carbocycles. The van der Waals surface area contributed by atoms with Gasteiger partial charge in [0.1, 0.15) is 5.78 Å². The number of carboxylic acids is 1. The van der Waals surface area contributed by atoms with Crippen molar-refractivity contribution in [2.45, 2.75) is 84.0 Å². The highest BCUT2D eigenvalue weighted by Crippen LogP contribution is 2.47. The Morgan fingerprint density at radius 3 is 2.57 bits per heavy atom. The molecule has 2 aliphatic carbocycles. The topological polar surface area (TPSA) is 115 Å². The lowest BCUT2D eigenvalue weighted by atomic mass is 9.62. The molecule has 30 heavy (non-hydrogen) atoms. The number of carbonyl (C=O) groups excluding carboxylic acids is 1. The average Bonchev–Trinajstić information content (AvgIpc) is 2.65. The Morgan fingerprint density at radius 1 is 1.23 bits per heavy atom. The first kappa shape index (κ1) is 24.8. The number of carbonyl (C=O) groups is 2.